The van der Waals surface area contributed by atoms with Gasteiger partial charge in [0.05, 0.1) is 24.7 Å². The highest BCUT2D eigenvalue weighted by Crippen LogP contribution is 2.43. The van der Waals surface area contributed by atoms with Gasteiger partial charge in [0, 0.05) is 18.0 Å². The van der Waals surface area contributed by atoms with E-state index in [0.717, 1.165) is 29.6 Å². The maximum atomic E-state index is 5.56. The van der Waals surface area contributed by atoms with Crippen LogP contribution in [0.3, 0.4) is 0 Å². The summed E-state index contributed by atoms with van der Waals surface area (Å²) in [5, 5.41) is 9.16. The first-order valence-corrected chi connectivity index (χ1v) is 6.32. The van der Waals surface area contributed by atoms with Gasteiger partial charge in [-0.05, 0) is 30.5 Å². The summed E-state index contributed by atoms with van der Waals surface area (Å²) in [5.74, 6) is 0.892. The molecule has 1 atom stereocenters. The number of benzene rings is 1. The fourth-order valence-corrected chi connectivity index (χ4v) is 3.01. The lowest BCUT2D eigenvalue weighted by atomic mass is 10.0. The van der Waals surface area contributed by atoms with Crippen molar-refractivity contribution in [2.75, 3.05) is 7.11 Å². The Labute approximate surface area is 109 Å². The molecular formula is C14H13N3O2. The quantitative estimate of drug-likeness (QED) is 0.706. The van der Waals surface area contributed by atoms with E-state index >= 15 is 0 Å². The molecule has 96 valence electrons. The van der Waals surface area contributed by atoms with Crippen LogP contribution >= 0.6 is 0 Å². The Morgan fingerprint density at radius 3 is 3.21 bits per heavy atom. The lowest BCUT2D eigenvalue weighted by molar-refractivity contribution is 0.415. The fraction of sp³-hybridized carbons (Fsp3) is 0.286. The molecule has 1 aliphatic rings. The lowest BCUT2D eigenvalue weighted by Crippen LogP contribution is -2.07. The number of nitrogens with zero attached hydrogens (tertiary/aromatic N) is 3. The number of aromatic nitrogens is 3. The molecule has 0 amide bonds. The van der Waals surface area contributed by atoms with Crippen molar-refractivity contribution in [3.05, 3.63) is 41.9 Å². The molecule has 0 saturated heterocycles. The van der Waals surface area contributed by atoms with Crippen LogP contribution in [0.2, 0.25) is 0 Å². The van der Waals surface area contributed by atoms with Gasteiger partial charge in [-0.2, -0.15) is 5.10 Å². The highest BCUT2D eigenvalue weighted by Gasteiger charge is 2.29. The average molecular weight is 255 g/mol. The fourth-order valence-electron chi connectivity index (χ4n) is 3.01. The Kier molecular flexibility index (Phi) is 2.15. The number of methoxy groups -OCH3 is 1. The van der Waals surface area contributed by atoms with E-state index in [1.165, 1.54) is 11.1 Å². The van der Waals surface area contributed by atoms with Crippen LogP contribution in [0, 0.1) is 0 Å². The highest BCUT2D eigenvalue weighted by molar-refractivity contribution is 5.86. The summed E-state index contributed by atoms with van der Waals surface area (Å²) in [6.07, 6.45) is 7.55. The summed E-state index contributed by atoms with van der Waals surface area (Å²) in [4.78, 5) is 0. The van der Waals surface area contributed by atoms with Gasteiger partial charge in [0.25, 0.3) is 0 Å². The molecule has 0 fully saturated rings. The van der Waals surface area contributed by atoms with E-state index in [1.807, 2.05) is 23.1 Å². The van der Waals surface area contributed by atoms with Gasteiger partial charge in [0.2, 0.25) is 0 Å². The molecule has 2 aromatic heterocycles. The van der Waals surface area contributed by atoms with Crippen LogP contribution in [0.4, 0.5) is 0 Å². The monoisotopic (exact) mass is 255 g/mol. The largest absolute Gasteiger partial charge is 0.496 e. The van der Waals surface area contributed by atoms with Crippen molar-refractivity contribution in [2.45, 2.75) is 18.9 Å². The third-order valence-corrected chi connectivity index (χ3v) is 3.83. The van der Waals surface area contributed by atoms with Crippen molar-refractivity contribution < 1.29 is 9.26 Å². The maximum absolute atomic E-state index is 5.56. The zero-order chi connectivity index (χ0) is 12.8. The summed E-state index contributed by atoms with van der Waals surface area (Å²) in [7, 11) is 1.70. The van der Waals surface area contributed by atoms with Crippen LogP contribution in [-0.4, -0.2) is 22.0 Å². The van der Waals surface area contributed by atoms with E-state index in [1.54, 1.807) is 13.3 Å². The van der Waals surface area contributed by atoms with Gasteiger partial charge in [-0.15, -0.1) is 0 Å². The van der Waals surface area contributed by atoms with Crippen LogP contribution in [0.15, 0.2) is 35.2 Å². The van der Waals surface area contributed by atoms with E-state index in [2.05, 4.69) is 16.3 Å². The summed E-state index contributed by atoms with van der Waals surface area (Å²) < 4.78 is 12.8. The first kappa shape index (κ1) is 10.6. The molecule has 0 radical (unpaired) electrons. The third kappa shape index (κ3) is 1.41. The summed E-state index contributed by atoms with van der Waals surface area (Å²) in [6, 6.07) is 4.27. The minimum atomic E-state index is 0.258. The number of rotatable bonds is 2. The van der Waals surface area contributed by atoms with Crippen molar-refractivity contribution in [3.8, 4) is 5.75 Å². The predicted molar refractivity (Wildman–Crippen MR) is 69.2 cm³/mol. The average Bonchev–Trinajstić information content (AvgIpc) is 3.14. The number of ether oxygens (including phenoxy) is 1. The molecule has 1 aromatic carbocycles. The molecule has 4 rings (SSSR count). The van der Waals surface area contributed by atoms with Crippen LogP contribution < -0.4 is 4.74 Å². The first-order valence-electron chi connectivity index (χ1n) is 6.32. The van der Waals surface area contributed by atoms with Crippen molar-refractivity contribution in [1.29, 1.82) is 0 Å². The van der Waals surface area contributed by atoms with Crippen molar-refractivity contribution >= 4 is 11.0 Å². The molecule has 2 heterocycles. The van der Waals surface area contributed by atoms with Crippen molar-refractivity contribution in [3.63, 3.8) is 0 Å². The molecule has 3 aromatic rings. The standard InChI is InChI=1S/C14H13N3O2/c1-18-14-9-3-4-12(17-6-2-5-15-17)10(9)7-13-11(14)8-16-19-13/h2,5-8,12H,3-4H2,1H3. The van der Waals surface area contributed by atoms with Gasteiger partial charge in [-0.25, -0.2) is 0 Å². The Balaban J connectivity index is 1.96. The molecular weight excluding hydrogens is 242 g/mol. The molecule has 0 spiro atoms. The van der Waals surface area contributed by atoms with Crippen LogP contribution in [-0.2, 0) is 6.42 Å². The van der Waals surface area contributed by atoms with Gasteiger partial charge in [0.1, 0.15) is 5.75 Å². The normalized spacial score (nSPS) is 17.8. The summed E-state index contributed by atoms with van der Waals surface area (Å²) in [6.45, 7) is 0. The zero-order valence-electron chi connectivity index (χ0n) is 10.5. The Morgan fingerprint density at radius 2 is 2.42 bits per heavy atom. The second-order valence-corrected chi connectivity index (χ2v) is 4.76. The second kappa shape index (κ2) is 3.85. The van der Waals surface area contributed by atoms with E-state index < -0.39 is 0 Å². The molecule has 0 saturated carbocycles. The number of hydrogen-bond acceptors (Lipinski definition) is 4. The van der Waals surface area contributed by atoms with Gasteiger partial charge in [-0.3, -0.25) is 4.68 Å². The zero-order valence-corrected chi connectivity index (χ0v) is 10.5. The first-order chi connectivity index (χ1) is 9.38. The van der Waals surface area contributed by atoms with Crippen LogP contribution in [0.5, 0.6) is 5.75 Å². The molecule has 0 N–H and O–H groups in total. The Hall–Kier alpha value is -2.30. The third-order valence-electron chi connectivity index (χ3n) is 3.83. The van der Waals surface area contributed by atoms with E-state index in [0.29, 0.717) is 0 Å². The molecule has 5 heteroatoms. The number of fused-ring (bicyclic) bond motifs is 2. The smallest absolute Gasteiger partial charge is 0.170 e. The molecule has 0 bridgehead atoms. The van der Waals surface area contributed by atoms with Crippen molar-refractivity contribution in [2.24, 2.45) is 0 Å². The van der Waals surface area contributed by atoms with Gasteiger partial charge >= 0.3 is 0 Å². The number of hydrogen-bond donors (Lipinski definition) is 0. The summed E-state index contributed by atoms with van der Waals surface area (Å²) in [5.41, 5.74) is 3.25. The molecule has 0 aliphatic heterocycles. The van der Waals surface area contributed by atoms with Gasteiger partial charge in [-0.1, -0.05) is 5.16 Å². The minimum Gasteiger partial charge on any atom is -0.496 e. The van der Waals surface area contributed by atoms with E-state index in [4.69, 9.17) is 9.26 Å². The molecule has 5 nitrogen and oxygen atoms in total. The second-order valence-electron chi connectivity index (χ2n) is 4.76. The molecule has 1 aliphatic carbocycles. The lowest BCUT2D eigenvalue weighted by Gasteiger charge is -2.13. The molecule has 19 heavy (non-hydrogen) atoms. The van der Waals surface area contributed by atoms with Gasteiger partial charge < -0.3 is 9.26 Å². The SMILES string of the molecule is COc1c2c(cc3oncc13)C(n1cccn1)CC2. The Bertz CT molecular complexity index is 731. The van der Waals surface area contributed by atoms with Gasteiger partial charge in [0.15, 0.2) is 5.58 Å². The van der Waals surface area contributed by atoms with E-state index in [-0.39, 0.29) is 6.04 Å². The highest BCUT2D eigenvalue weighted by atomic mass is 16.5. The molecule has 1 unspecified atom stereocenters. The summed E-state index contributed by atoms with van der Waals surface area (Å²) >= 11 is 0. The Morgan fingerprint density at radius 1 is 1.47 bits per heavy atom. The van der Waals surface area contributed by atoms with Crippen LogP contribution in [0.25, 0.3) is 11.0 Å². The minimum absolute atomic E-state index is 0.258. The topological polar surface area (TPSA) is 53.1 Å². The maximum Gasteiger partial charge on any atom is 0.170 e. The van der Waals surface area contributed by atoms with E-state index in [9.17, 15) is 0 Å². The predicted octanol–water partition coefficient (Wildman–Crippen LogP) is 2.57. The van der Waals surface area contributed by atoms with Crippen LogP contribution in [0.1, 0.15) is 23.6 Å². The van der Waals surface area contributed by atoms with Crippen molar-refractivity contribution in [1.82, 2.24) is 14.9 Å².